The predicted octanol–water partition coefficient (Wildman–Crippen LogP) is 5.16. The van der Waals surface area contributed by atoms with Crippen molar-refractivity contribution in [3.8, 4) is 0 Å². The molecule has 0 saturated carbocycles. The van der Waals surface area contributed by atoms with E-state index in [9.17, 15) is 4.79 Å². The van der Waals surface area contributed by atoms with Gasteiger partial charge in [-0.1, -0.05) is 13.3 Å². The second-order valence-corrected chi connectivity index (χ2v) is 6.75. The van der Waals surface area contributed by atoms with Crippen LogP contribution in [0.2, 0.25) is 0 Å². The first-order valence-electron chi connectivity index (χ1n) is 9.09. The van der Waals surface area contributed by atoms with Crippen molar-refractivity contribution in [3.63, 3.8) is 0 Å². The number of aryl methyl sites for hydroxylation is 3. The van der Waals surface area contributed by atoms with Crippen molar-refractivity contribution in [1.82, 2.24) is 9.55 Å². The molecule has 5 nitrogen and oxygen atoms in total. The van der Waals surface area contributed by atoms with Crippen LogP contribution in [0.1, 0.15) is 37.8 Å². The lowest BCUT2D eigenvalue weighted by molar-refractivity contribution is -0.114. The minimum absolute atomic E-state index is 0.0654. The van der Waals surface area contributed by atoms with Crippen molar-refractivity contribution in [1.29, 1.82) is 0 Å². The minimum atomic E-state index is -0.0654. The molecule has 1 amide bonds. The molecule has 26 heavy (non-hydrogen) atoms. The second-order valence-electron chi connectivity index (χ2n) is 6.75. The van der Waals surface area contributed by atoms with Crippen LogP contribution in [0, 0.1) is 13.8 Å². The lowest BCUT2D eigenvalue weighted by Gasteiger charge is -2.15. The molecule has 2 aromatic heterocycles. The Hall–Kier alpha value is -2.82. The number of anilines is 3. The van der Waals surface area contributed by atoms with Crippen molar-refractivity contribution in [2.75, 3.05) is 10.6 Å². The zero-order chi connectivity index (χ0) is 18.7. The van der Waals surface area contributed by atoms with Gasteiger partial charge in [-0.2, -0.15) is 0 Å². The van der Waals surface area contributed by atoms with Gasteiger partial charge in [0.15, 0.2) is 0 Å². The summed E-state index contributed by atoms with van der Waals surface area (Å²) in [6.45, 7) is 8.81. The Balaban J connectivity index is 1.94. The van der Waals surface area contributed by atoms with Gasteiger partial charge >= 0.3 is 0 Å². The molecule has 0 atom stereocenters. The fraction of sp³-hybridized carbons (Fsp3) is 0.333. The molecule has 0 aliphatic heterocycles. The van der Waals surface area contributed by atoms with Gasteiger partial charge in [0.25, 0.3) is 0 Å². The van der Waals surface area contributed by atoms with E-state index in [4.69, 9.17) is 0 Å². The van der Waals surface area contributed by atoms with Crippen LogP contribution >= 0.6 is 0 Å². The highest BCUT2D eigenvalue weighted by atomic mass is 16.1. The number of nitrogens with one attached hydrogen (secondary N) is 2. The fourth-order valence-electron chi connectivity index (χ4n) is 3.30. The maximum Gasteiger partial charge on any atom is 0.221 e. The lowest BCUT2D eigenvalue weighted by Crippen LogP contribution is -2.07. The van der Waals surface area contributed by atoms with E-state index >= 15 is 0 Å². The molecule has 1 aromatic carbocycles. The first kappa shape index (κ1) is 18.0. The number of carbonyl (C=O) groups excluding carboxylic acids is 1. The number of fused-ring (bicyclic) bond motifs is 1. The molecule has 2 N–H and O–H groups in total. The lowest BCUT2D eigenvalue weighted by atomic mass is 10.1. The van der Waals surface area contributed by atoms with Crippen LogP contribution in [-0.2, 0) is 11.3 Å². The summed E-state index contributed by atoms with van der Waals surface area (Å²) in [7, 11) is 0. The SMILES string of the molecule is CCCCn1ccc2c(Nc3c(C)cc(NC(C)=O)cc3C)nccc21. The minimum Gasteiger partial charge on any atom is -0.347 e. The van der Waals surface area contributed by atoms with Gasteiger partial charge in [0, 0.05) is 42.6 Å². The van der Waals surface area contributed by atoms with Gasteiger partial charge in [-0.05, 0) is 55.7 Å². The number of rotatable bonds is 6. The smallest absolute Gasteiger partial charge is 0.221 e. The third-order valence-electron chi connectivity index (χ3n) is 4.55. The van der Waals surface area contributed by atoms with Crippen LogP contribution < -0.4 is 10.6 Å². The molecule has 0 bridgehead atoms. The molecule has 0 saturated heterocycles. The number of hydrogen-bond donors (Lipinski definition) is 2. The van der Waals surface area contributed by atoms with Gasteiger partial charge in [-0.25, -0.2) is 4.98 Å². The highest BCUT2D eigenvalue weighted by Gasteiger charge is 2.11. The van der Waals surface area contributed by atoms with E-state index in [-0.39, 0.29) is 5.91 Å². The van der Waals surface area contributed by atoms with Crippen LogP contribution in [0.15, 0.2) is 36.7 Å². The second kappa shape index (κ2) is 7.60. The number of amides is 1. The number of aromatic nitrogens is 2. The van der Waals surface area contributed by atoms with Crippen molar-refractivity contribution in [3.05, 3.63) is 47.8 Å². The highest BCUT2D eigenvalue weighted by molar-refractivity contribution is 5.93. The molecule has 0 aliphatic rings. The van der Waals surface area contributed by atoms with Gasteiger partial charge in [-0.15, -0.1) is 0 Å². The quantitative estimate of drug-likeness (QED) is 0.646. The van der Waals surface area contributed by atoms with E-state index in [0.29, 0.717) is 0 Å². The van der Waals surface area contributed by atoms with E-state index < -0.39 is 0 Å². The Kier molecular flexibility index (Phi) is 5.26. The zero-order valence-corrected chi connectivity index (χ0v) is 15.9. The Bertz CT molecular complexity index is 919. The summed E-state index contributed by atoms with van der Waals surface area (Å²) < 4.78 is 2.28. The van der Waals surface area contributed by atoms with Gasteiger partial charge in [0.05, 0.1) is 5.52 Å². The van der Waals surface area contributed by atoms with Crippen LogP contribution in [0.4, 0.5) is 17.2 Å². The van der Waals surface area contributed by atoms with E-state index in [2.05, 4.69) is 45.4 Å². The number of hydrogen-bond acceptors (Lipinski definition) is 3. The summed E-state index contributed by atoms with van der Waals surface area (Å²) in [4.78, 5) is 15.9. The van der Waals surface area contributed by atoms with Crippen LogP contribution in [0.3, 0.4) is 0 Å². The molecule has 3 rings (SSSR count). The van der Waals surface area contributed by atoms with Gasteiger partial charge in [0.1, 0.15) is 5.82 Å². The molecule has 0 spiro atoms. The topological polar surface area (TPSA) is 59.0 Å². The first-order chi connectivity index (χ1) is 12.5. The predicted molar refractivity (Wildman–Crippen MR) is 108 cm³/mol. The summed E-state index contributed by atoms with van der Waals surface area (Å²) >= 11 is 0. The van der Waals surface area contributed by atoms with Crippen molar-refractivity contribution in [2.24, 2.45) is 0 Å². The Morgan fingerprint density at radius 2 is 1.92 bits per heavy atom. The Morgan fingerprint density at radius 3 is 2.58 bits per heavy atom. The molecular weight excluding hydrogens is 324 g/mol. The van der Waals surface area contributed by atoms with Gasteiger partial charge in [-0.3, -0.25) is 4.79 Å². The Morgan fingerprint density at radius 1 is 1.19 bits per heavy atom. The number of nitrogens with zero attached hydrogens (tertiary/aromatic N) is 2. The average molecular weight is 350 g/mol. The highest BCUT2D eigenvalue weighted by Crippen LogP contribution is 2.31. The molecule has 136 valence electrons. The van der Waals surface area contributed by atoms with Crippen LogP contribution in [0.25, 0.3) is 10.9 Å². The summed E-state index contributed by atoms with van der Waals surface area (Å²) in [5, 5.41) is 7.46. The number of pyridine rings is 1. The molecule has 0 fully saturated rings. The summed E-state index contributed by atoms with van der Waals surface area (Å²) in [5.74, 6) is 0.792. The van der Waals surface area contributed by atoms with Crippen molar-refractivity contribution in [2.45, 2.75) is 47.1 Å². The number of carbonyl (C=O) groups is 1. The van der Waals surface area contributed by atoms with Crippen molar-refractivity contribution < 1.29 is 4.79 Å². The van der Waals surface area contributed by atoms with E-state index in [1.807, 2.05) is 32.2 Å². The summed E-state index contributed by atoms with van der Waals surface area (Å²) in [5.41, 5.74) is 5.17. The van der Waals surface area contributed by atoms with Gasteiger partial charge < -0.3 is 15.2 Å². The molecule has 0 radical (unpaired) electrons. The first-order valence-corrected chi connectivity index (χ1v) is 9.09. The van der Waals surface area contributed by atoms with Gasteiger partial charge in [0.2, 0.25) is 5.91 Å². The zero-order valence-electron chi connectivity index (χ0n) is 15.9. The van der Waals surface area contributed by atoms with Crippen LogP contribution in [0.5, 0.6) is 0 Å². The third-order valence-corrected chi connectivity index (χ3v) is 4.55. The fourth-order valence-corrected chi connectivity index (χ4v) is 3.30. The van der Waals surface area contributed by atoms with Crippen molar-refractivity contribution >= 4 is 34.0 Å². The molecule has 0 unspecified atom stereocenters. The third kappa shape index (κ3) is 3.72. The largest absolute Gasteiger partial charge is 0.347 e. The van der Waals surface area contributed by atoms with Crippen LogP contribution in [-0.4, -0.2) is 15.5 Å². The average Bonchev–Trinajstić information content (AvgIpc) is 2.99. The molecular formula is C21H26N4O. The summed E-state index contributed by atoms with van der Waals surface area (Å²) in [6.07, 6.45) is 6.32. The number of unbranched alkanes of at least 4 members (excludes halogenated alkanes) is 1. The molecule has 3 aromatic rings. The standard InChI is InChI=1S/C21H26N4O/c1-5-6-10-25-11-8-18-19(25)7-9-22-21(18)24-20-14(2)12-17(13-15(20)3)23-16(4)26/h7-9,11-13H,5-6,10H2,1-4H3,(H,22,24)(H,23,26). The van der Waals surface area contributed by atoms with E-state index in [1.54, 1.807) is 0 Å². The monoisotopic (exact) mass is 350 g/mol. The summed E-state index contributed by atoms with van der Waals surface area (Å²) in [6, 6.07) is 8.14. The molecule has 5 heteroatoms. The van der Waals surface area contributed by atoms with E-state index in [0.717, 1.165) is 46.7 Å². The molecule has 2 heterocycles. The maximum atomic E-state index is 11.3. The normalized spacial score (nSPS) is 10.9. The molecule has 0 aliphatic carbocycles. The van der Waals surface area contributed by atoms with E-state index in [1.165, 1.54) is 18.9 Å². The number of benzene rings is 1. The Labute approximate surface area is 154 Å². The maximum absolute atomic E-state index is 11.3.